The van der Waals surface area contributed by atoms with Crippen molar-refractivity contribution in [1.29, 1.82) is 0 Å². The molecule has 0 aromatic carbocycles. The number of thiophene rings is 1. The van der Waals surface area contributed by atoms with Gasteiger partial charge < -0.3 is 15.7 Å². The van der Waals surface area contributed by atoms with E-state index in [9.17, 15) is 13.5 Å². The molecular weight excluding hydrogens is 485 g/mol. The lowest BCUT2D eigenvalue weighted by atomic mass is 9.90. The number of nitrogens with zero attached hydrogens (tertiary/aromatic N) is 1. The zero-order chi connectivity index (χ0) is 19.1. The summed E-state index contributed by atoms with van der Waals surface area (Å²) >= 11 is 1.51. The van der Waals surface area contributed by atoms with Gasteiger partial charge in [-0.15, -0.1) is 35.3 Å². The minimum absolute atomic E-state index is 0. The summed E-state index contributed by atoms with van der Waals surface area (Å²) in [7, 11) is -2.97. The maximum absolute atomic E-state index is 11.4. The zero-order valence-corrected chi connectivity index (χ0v) is 20.2. The Balaban J connectivity index is 0.00000625. The van der Waals surface area contributed by atoms with E-state index < -0.39 is 15.4 Å². The molecule has 1 atom stereocenters. The highest BCUT2D eigenvalue weighted by Gasteiger charge is 2.25. The molecule has 1 rings (SSSR count). The second-order valence-electron chi connectivity index (χ2n) is 7.34. The number of guanidine groups is 1. The van der Waals surface area contributed by atoms with Crippen molar-refractivity contribution in [2.75, 3.05) is 31.6 Å². The maximum Gasteiger partial charge on any atom is 0.191 e. The molecule has 26 heavy (non-hydrogen) atoms. The molecule has 0 aliphatic carbocycles. The molecule has 0 fully saturated rings. The van der Waals surface area contributed by atoms with Gasteiger partial charge in [0.1, 0.15) is 15.4 Å². The highest BCUT2D eigenvalue weighted by molar-refractivity contribution is 14.0. The minimum atomic E-state index is -2.97. The third kappa shape index (κ3) is 10.1. The molecule has 0 bridgehead atoms. The first-order valence-corrected chi connectivity index (χ1v) is 11.4. The van der Waals surface area contributed by atoms with E-state index in [1.807, 2.05) is 38.3 Å². The van der Waals surface area contributed by atoms with Gasteiger partial charge in [-0.1, -0.05) is 19.9 Å². The second-order valence-corrected chi connectivity index (χ2v) is 10.6. The summed E-state index contributed by atoms with van der Waals surface area (Å²) in [6, 6.07) is 3.82. The number of sulfone groups is 1. The van der Waals surface area contributed by atoms with Crippen LogP contribution in [-0.2, 0) is 15.4 Å². The molecule has 3 N–H and O–H groups in total. The van der Waals surface area contributed by atoms with Gasteiger partial charge in [0, 0.05) is 24.2 Å². The lowest BCUT2D eigenvalue weighted by Gasteiger charge is -2.25. The van der Waals surface area contributed by atoms with E-state index in [1.165, 1.54) is 17.6 Å². The molecule has 0 spiro atoms. The van der Waals surface area contributed by atoms with E-state index in [0.717, 1.165) is 4.88 Å². The average Bonchev–Trinajstić information content (AvgIpc) is 3.03. The first kappa shape index (κ1) is 25.6. The molecule has 0 saturated heterocycles. The van der Waals surface area contributed by atoms with Gasteiger partial charge >= 0.3 is 0 Å². The molecule has 9 heteroatoms. The number of nitrogens with one attached hydrogen (secondary N) is 2. The van der Waals surface area contributed by atoms with E-state index in [2.05, 4.69) is 15.6 Å². The molecular formula is C17H32IN3O3S2. The van der Waals surface area contributed by atoms with Gasteiger partial charge in [-0.05, 0) is 37.1 Å². The van der Waals surface area contributed by atoms with Crippen LogP contribution in [-0.4, -0.2) is 51.1 Å². The Kier molecular flexibility index (Phi) is 10.7. The number of rotatable bonds is 9. The molecule has 0 amide bonds. The number of hydrogen-bond donors (Lipinski definition) is 3. The molecule has 1 aromatic rings. The average molecular weight is 517 g/mol. The Bertz CT molecular complexity index is 657. The molecule has 1 unspecified atom stereocenters. The van der Waals surface area contributed by atoms with E-state index in [-0.39, 0.29) is 35.1 Å². The number of aliphatic imine (C=N–C) groups is 1. The molecule has 1 heterocycles. The third-order valence-corrected chi connectivity index (χ3v) is 5.88. The quantitative estimate of drug-likeness (QED) is 0.266. The normalized spacial score (nSPS) is 15.1. The van der Waals surface area contributed by atoms with Crippen molar-refractivity contribution in [3.63, 3.8) is 0 Å². The number of hydrogen-bond acceptors (Lipinski definition) is 5. The topological polar surface area (TPSA) is 90.8 Å². The summed E-state index contributed by atoms with van der Waals surface area (Å²) in [6.45, 7) is 9.30. The van der Waals surface area contributed by atoms with E-state index in [1.54, 1.807) is 6.92 Å². The van der Waals surface area contributed by atoms with Crippen molar-refractivity contribution in [2.24, 2.45) is 10.4 Å². The van der Waals surface area contributed by atoms with Gasteiger partial charge in [0.15, 0.2) is 5.96 Å². The van der Waals surface area contributed by atoms with Gasteiger partial charge in [-0.25, -0.2) is 8.42 Å². The second kappa shape index (κ2) is 10.8. The third-order valence-electron chi connectivity index (χ3n) is 3.81. The lowest BCUT2D eigenvalue weighted by Crippen LogP contribution is -2.44. The van der Waals surface area contributed by atoms with E-state index in [0.29, 0.717) is 32.0 Å². The number of halogens is 1. The predicted octanol–water partition coefficient (Wildman–Crippen LogP) is 2.59. The van der Waals surface area contributed by atoms with Crippen LogP contribution in [0.3, 0.4) is 0 Å². The van der Waals surface area contributed by atoms with Crippen LogP contribution in [0.15, 0.2) is 22.5 Å². The summed E-state index contributed by atoms with van der Waals surface area (Å²) < 4.78 is 22.7. The largest absolute Gasteiger partial charge is 0.383 e. The molecule has 0 radical (unpaired) electrons. The SMILES string of the molecule is CCNC(=NCC(C)(C)CCS(C)(=O)=O)NCC(C)(O)c1cccs1.I. The Labute approximate surface area is 178 Å². The smallest absolute Gasteiger partial charge is 0.191 e. The van der Waals surface area contributed by atoms with Crippen molar-refractivity contribution >= 4 is 51.1 Å². The van der Waals surface area contributed by atoms with Gasteiger partial charge in [0.25, 0.3) is 0 Å². The van der Waals surface area contributed by atoms with Crippen molar-refractivity contribution in [3.05, 3.63) is 22.4 Å². The van der Waals surface area contributed by atoms with Crippen LogP contribution in [0.2, 0.25) is 0 Å². The van der Waals surface area contributed by atoms with Crippen LogP contribution >= 0.6 is 35.3 Å². The molecule has 152 valence electrons. The Hall–Kier alpha value is -0.390. The molecule has 0 saturated carbocycles. The standard InChI is InChI=1S/C17H31N3O3S2.HI/c1-6-18-15(19-12-16(2,3)9-11-25(5,22)23)20-13-17(4,21)14-8-7-10-24-14;/h7-8,10,21H,6,9,11-13H2,1-5H3,(H2,18,19,20);1H. The first-order valence-electron chi connectivity index (χ1n) is 8.41. The minimum Gasteiger partial charge on any atom is -0.383 e. The van der Waals surface area contributed by atoms with Gasteiger partial charge in [0.05, 0.1) is 12.3 Å². The van der Waals surface area contributed by atoms with Crippen LogP contribution in [0.5, 0.6) is 0 Å². The van der Waals surface area contributed by atoms with Gasteiger partial charge in [-0.2, -0.15) is 0 Å². The van der Waals surface area contributed by atoms with Crippen molar-refractivity contribution in [2.45, 2.75) is 39.7 Å². The molecule has 0 aliphatic heterocycles. The Morgan fingerprint density at radius 1 is 1.31 bits per heavy atom. The molecule has 1 aromatic heterocycles. The van der Waals surface area contributed by atoms with Crippen molar-refractivity contribution in [3.8, 4) is 0 Å². The first-order chi connectivity index (χ1) is 11.5. The van der Waals surface area contributed by atoms with Crippen LogP contribution < -0.4 is 10.6 Å². The van der Waals surface area contributed by atoms with E-state index >= 15 is 0 Å². The zero-order valence-electron chi connectivity index (χ0n) is 16.2. The Morgan fingerprint density at radius 2 is 1.96 bits per heavy atom. The fourth-order valence-electron chi connectivity index (χ4n) is 2.10. The Morgan fingerprint density at radius 3 is 2.46 bits per heavy atom. The monoisotopic (exact) mass is 517 g/mol. The summed E-state index contributed by atoms with van der Waals surface area (Å²) in [5, 5.41) is 18.9. The fraction of sp³-hybridized carbons (Fsp3) is 0.706. The van der Waals surface area contributed by atoms with Gasteiger partial charge in [0.2, 0.25) is 0 Å². The maximum atomic E-state index is 11.4. The lowest BCUT2D eigenvalue weighted by molar-refractivity contribution is 0.0655. The van der Waals surface area contributed by atoms with Crippen LogP contribution in [0, 0.1) is 5.41 Å². The van der Waals surface area contributed by atoms with Crippen LogP contribution in [0.1, 0.15) is 39.0 Å². The molecule has 6 nitrogen and oxygen atoms in total. The van der Waals surface area contributed by atoms with Crippen molar-refractivity contribution < 1.29 is 13.5 Å². The predicted molar refractivity (Wildman–Crippen MR) is 121 cm³/mol. The molecule has 0 aliphatic rings. The van der Waals surface area contributed by atoms with Crippen molar-refractivity contribution in [1.82, 2.24) is 10.6 Å². The highest BCUT2D eigenvalue weighted by atomic mass is 127. The fourth-order valence-corrected chi connectivity index (χ4v) is 3.81. The summed E-state index contributed by atoms with van der Waals surface area (Å²) in [4.78, 5) is 5.46. The summed E-state index contributed by atoms with van der Waals surface area (Å²) in [5.41, 5.74) is -1.20. The summed E-state index contributed by atoms with van der Waals surface area (Å²) in [5.74, 6) is 0.777. The van der Waals surface area contributed by atoms with E-state index in [4.69, 9.17) is 0 Å². The van der Waals surface area contributed by atoms with Crippen LogP contribution in [0.25, 0.3) is 0 Å². The van der Waals surface area contributed by atoms with Gasteiger partial charge in [-0.3, -0.25) is 4.99 Å². The van der Waals surface area contributed by atoms with Crippen LogP contribution in [0.4, 0.5) is 0 Å². The highest BCUT2D eigenvalue weighted by Crippen LogP contribution is 2.24. The summed E-state index contributed by atoms with van der Waals surface area (Å²) in [6.07, 6.45) is 1.81. The number of aliphatic hydroxyl groups is 1.